The van der Waals surface area contributed by atoms with Crippen LogP contribution in [0.15, 0.2) is 79.0 Å². The number of anilines is 5. The van der Waals surface area contributed by atoms with Crippen LogP contribution < -0.4 is 21.3 Å². The van der Waals surface area contributed by atoms with Crippen LogP contribution in [0.3, 0.4) is 0 Å². The van der Waals surface area contributed by atoms with Crippen LogP contribution in [0.1, 0.15) is 16.8 Å². The predicted molar refractivity (Wildman–Crippen MR) is 137 cm³/mol. The number of aromatic nitrogens is 1. The van der Waals surface area contributed by atoms with Crippen LogP contribution in [0.5, 0.6) is 0 Å². The highest BCUT2D eigenvalue weighted by molar-refractivity contribution is 6.35. The van der Waals surface area contributed by atoms with Crippen molar-refractivity contribution >= 4 is 52.0 Å². The number of hydrogen-bond donors (Lipinski definition) is 5. The molecule has 0 aliphatic carbocycles. The second-order valence-corrected chi connectivity index (χ2v) is 8.11. The molecule has 0 spiro atoms. The highest BCUT2D eigenvalue weighted by Crippen LogP contribution is 2.36. The molecule has 0 atom stereocenters. The van der Waals surface area contributed by atoms with Crippen molar-refractivity contribution < 1.29 is 14.0 Å². The summed E-state index contributed by atoms with van der Waals surface area (Å²) in [6.07, 6.45) is 3.63. The Bertz CT molecular complexity index is 1460. The van der Waals surface area contributed by atoms with Crippen LogP contribution in [-0.2, 0) is 4.79 Å². The van der Waals surface area contributed by atoms with Crippen molar-refractivity contribution in [3.8, 4) is 0 Å². The zero-order chi connectivity index (χ0) is 24.4. The van der Waals surface area contributed by atoms with Gasteiger partial charge in [-0.15, -0.1) is 0 Å². The largest absolute Gasteiger partial charge is 0.362 e. The monoisotopic (exact) mass is 467 g/mol. The average molecular weight is 468 g/mol. The van der Waals surface area contributed by atoms with Gasteiger partial charge in [-0.05, 0) is 67.1 Å². The minimum Gasteiger partial charge on any atom is -0.362 e. The van der Waals surface area contributed by atoms with Gasteiger partial charge in [0.1, 0.15) is 5.82 Å². The maximum Gasteiger partial charge on any atom is 0.323 e. The lowest BCUT2D eigenvalue weighted by Gasteiger charge is -2.14. The van der Waals surface area contributed by atoms with Crippen LogP contribution in [0.4, 0.5) is 37.6 Å². The Kier molecular flexibility index (Phi) is 5.76. The zero-order valence-electron chi connectivity index (χ0n) is 18.8. The number of urea groups is 1. The average Bonchev–Trinajstić information content (AvgIpc) is 3.45. The van der Waals surface area contributed by atoms with Crippen molar-refractivity contribution in [1.82, 2.24) is 4.98 Å². The first-order valence-corrected chi connectivity index (χ1v) is 11.0. The van der Waals surface area contributed by atoms with Crippen molar-refractivity contribution in [2.45, 2.75) is 6.92 Å². The molecule has 4 aromatic rings. The van der Waals surface area contributed by atoms with E-state index in [2.05, 4.69) is 26.3 Å². The van der Waals surface area contributed by atoms with E-state index in [0.29, 0.717) is 16.9 Å². The normalized spacial score (nSPS) is 13.3. The fraction of sp³-hybridized carbons (Fsp3) is 0.0370. The van der Waals surface area contributed by atoms with E-state index >= 15 is 0 Å². The van der Waals surface area contributed by atoms with Gasteiger partial charge in [-0.2, -0.15) is 0 Å². The molecule has 2 heterocycles. The van der Waals surface area contributed by atoms with E-state index in [0.717, 1.165) is 28.2 Å². The second-order valence-electron chi connectivity index (χ2n) is 8.11. The fourth-order valence-corrected chi connectivity index (χ4v) is 3.84. The van der Waals surface area contributed by atoms with Gasteiger partial charge in [-0.25, -0.2) is 9.18 Å². The van der Waals surface area contributed by atoms with Crippen molar-refractivity contribution in [3.05, 3.63) is 102 Å². The third-order valence-electron chi connectivity index (χ3n) is 5.62. The first-order chi connectivity index (χ1) is 17.0. The van der Waals surface area contributed by atoms with E-state index in [9.17, 15) is 14.0 Å². The summed E-state index contributed by atoms with van der Waals surface area (Å²) in [4.78, 5) is 27.9. The molecule has 0 saturated carbocycles. The lowest BCUT2D eigenvalue weighted by molar-refractivity contribution is -0.110. The molecule has 7 nitrogen and oxygen atoms in total. The number of carbonyl (C=O) groups excluding carboxylic acids is 2. The predicted octanol–water partition coefficient (Wildman–Crippen LogP) is 6.34. The van der Waals surface area contributed by atoms with Gasteiger partial charge in [0.15, 0.2) is 0 Å². The number of hydrogen-bond acceptors (Lipinski definition) is 3. The van der Waals surface area contributed by atoms with E-state index in [1.807, 2.05) is 55.6 Å². The maximum absolute atomic E-state index is 13.8. The Labute approximate surface area is 201 Å². The number of halogens is 1. The molecule has 3 amide bonds. The molecular formula is C27H22FN5O2. The van der Waals surface area contributed by atoms with Gasteiger partial charge in [-0.1, -0.05) is 24.3 Å². The topological polar surface area (TPSA) is 98.0 Å². The lowest BCUT2D eigenvalue weighted by Crippen LogP contribution is -2.20. The Morgan fingerprint density at radius 3 is 2.54 bits per heavy atom. The summed E-state index contributed by atoms with van der Waals surface area (Å²) in [5.74, 6) is -0.668. The van der Waals surface area contributed by atoms with Crippen molar-refractivity contribution in [3.63, 3.8) is 0 Å². The van der Waals surface area contributed by atoms with Crippen LogP contribution in [0.25, 0.3) is 11.6 Å². The van der Waals surface area contributed by atoms with Crippen LogP contribution in [-0.4, -0.2) is 16.9 Å². The molecule has 0 unspecified atom stereocenters. The number of nitrogens with one attached hydrogen (secondary N) is 5. The molecule has 0 bridgehead atoms. The number of rotatable bonds is 5. The molecule has 8 heteroatoms. The molecule has 5 rings (SSSR count). The maximum atomic E-state index is 13.8. The molecule has 1 aliphatic rings. The zero-order valence-corrected chi connectivity index (χ0v) is 18.8. The summed E-state index contributed by atoms with van der Waals surface area (Å²) < 4.78 is 13.8. The number of carbonyl (C=O) groups is 2. The van der Waals surface area contributed by atoms with Crippen LogP contribution in [0, 0.1) is 12.7 Å². The molecule has 1 aliphatic heterocycles. The first kappa shape index (κ1) is 22.0. The fourth-order valence-electron chi connectivity index (χ4n) is 3.84. The van der Waals surface area contributed by atoms with Crippen LogP contribution >= 0.6 is 0 Å². The number of fused-ring (bicyclic) bond motifs is 1. The minimum atomic E-state index is -0.550. The van der Waals surface area contributed by atoms with E-state index in [-0.39, 0.29) is 11.6 Å². The van der Waals surface area contributed by atoms with Gasteiger partial charge in [0, 0.05) is 34.5 Å². The summed E-state index contributed by atoms with van der Waals surface area (Å²) in [5.41, 5.74) is 6.14. The molecule has 0 radical (unpaired) electrons. The lowest BCUT2D eigenvalue weighted by atomic mass is 10.1. The van der Waals surface area contributed by atoms with Crippen molar-refractivity contribution in [1.29, 1.82) is 0 Å². The van der Waals surface area contributed by atoms with Crippen molar-refractivity contribution in [2.24, 2.45) is 0 Å². The summed E-state index contributed by atoms with van der Waals surface area (Å²) in [5, 5.41) is 11.5. The number of benzene rings is 3. The van der Waals surface area contributed by atoms with Gasteiger partial charge in [0.2, 0.25) is 0 Å². The highest BCUT2D eigenvalue weighted by atomic mass is 19.1. The molecule has 0 fully saturated rings. The number of H-pyrrole nitrogens is 1. The Hall–Kier alpha value is -4.85. The Morgan fingerprint density at radius 2 is 1.74 bits per heavy atom. The van der Waals surface area contributed by atoms with E-state index in [1.54, 1.807) is 24.3 Å². The van der Waals surface area contributed by atoms with Gasteiger partial charge in [0.25, 0.3) is 5.91 Å². The molecule has 0 saturated heterocycles. The summed E-state index contributed by atoms with van der Waals surface area (Å²) in [7, 11) is 0. The summed E-state index contributed by atoms with van der Waals surface area (Å²) >= 11 is 0. The SMILES string of the molecule is Cc1ccc(NC(=O)Nc2ccccc2F)cc1Nc1ccc2c(c1)NC(=O)/C2=C/c1ccc[nH]1. The number of amides is 3. The van der Waals surface area contributed by atoms with Crippen LogP contribution in [0.2, 0.25) is 0 Å². The number of aromatic amines is 1. The molecule has 1 aromatic heterocycles. The minimum absolute atomic E-state index is 0.0975. The Morgan fingerprint density at radius 1 is 0.914 bits per heavy atom. The van der Waals surface area contributed by atoms with E-state index < -0.39 is 11.8 Å². The van der Waals surface area contributed by atoms with E-state index in [4.69, 9.17) is 0 Å². The number of aryl methyl sites for hydroxylation is 1. The quantitative estimate of drug-likeness (QED) is 0.221. The Balaban J connectivity index is 1.32. The van der Waals surface area contributed by atoms with Gasteiger partial charge >= 0.3 is 6.03 Å². The van der Waals surface area contributed by atoms with Gasteiger partial charge < -0.3 is 26.3 Å². The molecule has 174 valence electrons. The molecular weight excluding hydrogens is 445 g/mol. The van der Waals surface area contributed by atoms with Gasteiger partial charge in [0.05, 0.1) is 16.9 Å². The van der Waals surface area contributed by atoms with E-state index in [1.165, 1.54) is 12.1 Å². The first-order valence-electron chi connectivity index (χ1n) is 11.0. The standard InChI is InChI=1S/C27H22FN5O2/c1-16-8-9-19(31-27(35)33-23-7-3-2-6-22(23)28)14-24(16)30-18-10-11-20-21(13-17-5-4-12-29-17)26(34)32-25(20)15-18/h2-15,29-30H,1H3,(H,32,34)(H2,31,33,35)/b21-13+. The smallest absolute Gasteiger partial charge is 0.323 e. The van der Waals surface area contributed by atoms with Gasteiger partial charge in [-0.3, -0.25) is 4.79 Å². The summed E-state index contributed by atoms with van der Waals surface area (Å²) in [6.45, 7) is 1.94. The molecule has 35 heavy (non-hydrogen) atoms. The number of para-hydroxylation sites is 1. The second kappa shape index (κ2) is 9.18. The molecule has 3 aromatic carbocycles. The van der Waals surface area contributed by atoms with Crippen molar-refractivity contribution in [2.75, 3.05) is 21.3 Å². The highest BCUT2D eigenvalue weighted by Gasteiger charge is 2.24. The summed E-state index contributed by atoms with van der Waals surface area (Å²) in [6, 6.07) is 20.3. The molecule has 5 N–H and O–H groups in total. The third kappa shape index (κ3) is 4.77. The third-order valence-corrected chi connectivity index (χ3v) is 5.62.